The molecule has 1 aromatic rings. The first kappa shape index (κ1) is 16.3. The first-order valence-electron chi connectivity index (χ1n) is 6.87. The molecule has 0 fully saturated rings. The number of anilines is 2. The summed E-state index contributed by atoms with van der Waals surface area (Å²) in [7, 11) is 5.46. The van der Waals surface area contributed by atoms with Gasteiger partial charge in [-0.2, -0.15) is 0 Å². The Hall–Kier alpha value is -1.75. The molecule has 0 unspecified atom stereocenters. The summed E-state index contributed by atoms with van der Waals surface area (Å²) < 4.78 is 4.85. The topological polar surface area (TPSA) is 58.8 Å². The Kier molecular flexibility index (Phi) is 6.31. The van der Waals surface area contributed by atoms with E-state index in [-0.39, 0.29) is 5.97 Å². The second-order valence-electron chi connectivity index (χ2n) is 5.06. The van der Waals surface area contributed by atoms with Crippen molar-refractivity contribution in [1.29, 1.82) is 0 Å². The molecule has 0 aliphatic carbocycles. The zero-order chi connectivity index (χ0) is 15.1. The van der Waals surface area contributed by atoms with Gasteiger partial charge in [-0.15, -0.1) is 0 Å². The third-order valence-corrected chi connectivity index (χ3v) is 3.08. The minimum absolute atomic E-state index is 0.349. The molecule has 2 N–H and O–H groups in total. The molecule has 112 valence electrons. The Bertz CT molecular complexity index is 447. The molecule has 1 rings (SSSR count). The van der Waals surface area contributed by atoms with Gasteiger partial charge >= 0.3 is 5.97 Å². The van der Waals surface area contributed by atoms with Gasteiger partial charge in [-0.05, 0) is 38.7 Å². The predicted octanol–water partition coefficient (Wildman–Crippen LogP) is 1.83. The molecule has 0 bridgehead atoms. The number of ether oxygens (including phenoxy) is 1. The lowest BCUT2D eigenvalue weighted by molar-refractivity contribution is 0.0601. The summed E-state index contributed by atoms with van der Waals surface area (Å²) in [6, 6.07) is 5.40. The van der Waals surface area contributed by atoms with Crippen molar-refractivity contribution in [2.24, 2.45) is 0 Å². The summed E-state index contributed by atoms with van der Waals surface area (Å²) in [5.74, 6) is -0.349. The minimum Gasteiger partial charge on any atom is -0.465 e. The number of nitrogens with two attached hydrogens (primary N) is 1. The normalized spacial score (nSPS) is 10.7. The van der Waals surface area contributed by atoms with Crippen molar-refractivity contribution >= 4 is 17.3 Å². The van der Waals surface area contributed by atoms with Gasteiger partial charge in [0.1, 0.15) is 0 Å². The molecular weight excluding hydrogens is 254 g/mol. The molecule has 20 heavy (non-hydrogen) atoms. The quantitative estimate of drug-likeness (QED) is 0.609. The van der Waals surface area contributed by atoms with Crippen molar-refractivity contribution in [1.82, 2.24) is 4.90 Å². The van der Waals surface area contributed by atoms with Gasteiger partial charge in [0.25, 0.3) is 0 Å². The van der Waals surface area contributed by atoms with Crippen LogP contribution in [0.25, 0.3) is 0 Å². The Morgan fingerprint density at radius 1 is 1.25 bits per heavy atom. The number of carbonyl (C=O) groups is 1. The van der Waals surface area contributed by atoms with Crippen LogP contribution in [0.2, 0.25) is 0 Å². The lowest BCUT2D eigenvalue weighted by atomic mass is 10.1. The van der Waals surface area contributed by atoms with Gasteiger partial charge in [-0.1, -0.05) is 6.92 Å². The molecule has 0 aromatic heterocycles. The Balaban J connectivity index is 3.07. The van der Waals surface area contributed by atoms with Crippen LogP contribution in [-0.2, 0) is 4.74 Å². The third kappa shape index (κ3) is 4.42. The van der Waals surface area contributed by atoms with Crippen LogP contribution < -0.4 is 10.6 Å². The third-order valence-electron chi connectivity index (χ3n) is 3.08. The molecule has 0 aliphatic heterocycles. The highest BCUT2D eigenvalue weighted by Crippen LogP contribution is 2.24. The molecule has 1 aromatic carbocycles. The van der Waals surface area contributed by atoms with Gasteiger partial charge in [0.2, 0.25) is 0 Å². The second kappa shape index (κ2) is 7.75. The summed E-state index contributed by atoms with van der Waals surface area (Å²) in [6.45, 7) is 4.79. The van der Waals surface area contributed by atoms with E-state index in [0.29, 0.717) is 11.3 Å². The van der Waals surface area contributed by atoms with Crippen LogP contribution in [0.1, 0.15) is 23.7 Å². The maximum Gasteiger partial charge on any atom is 0.340 e. The fourth-order valence-electron chi connectivity index (χ4n) is 2.05. The van der Waals surface area contributed by atoms with Crippen LogP contribution in [0, 0.1) is 0 Å². The fraction of sp³-hybridized carbons (Fsp3) is 0.533. The predicted molar refractivity (Wildman–Crippen MR) is 83.3 cm³/mol. The number of nitrogen functional groups attached to an aromatic ring is 1. The van der Waals surface area contributed by atoms with Crippen LogP contribution in [0.15, 0.2) is 18.2 Å². The average molecular weight is 279 g/mol. The molecule has 0 spiro atoms. The van der Waals surface area contributed by atoms with Crippen molar-refractivity contribution in [3.05, 3.63) is 23.8 Å². The second-order valence-corrected chi connectivity index (χ2v) is 5.06. The van der Waals surface area contributed by atoms with Crippen LogP contribution in [0.4, 0.5) is 11.4 Å². The lowest BCUT2D eigenvalue weighted by Gasteiger charge is -2.27. The number of hydrogen-bond donors (Lipinski definition) is 1. The van der Waals surface area contributed by atoms with Gasteiger partial charge in [-0.25, -0.2) is 4.79 Å². The number of likely N-dealkylation sites (N-methyl/N-ethyl adjacent to an activating group) is 1. The standard InChI is InChI=1S/C15H25N3O2/c1-5-8-18(10-9-17(2)3)14-7-6-12(16)11-13(14)15(19)20-4/h6-7,11H,5,8-10,16H2,1-4H3. The van der Waals surface area contributed by atoms with E-state index in [9.17, 15) is 4.79 Å². The summed E-state index contributed by atoms with van der Waals surface area (Å²) in [6.07, 6.45) is 1.01. The Morgan fingerprint density at radius 2 is 1.95 bits per heavy atom. The molecule has 0 atom stereocenters. The minimum atomic E-state index is -0.349. The summed E-state index contributed by atoms with van der Waals surface area (Å²) in [4.78, 5) is 16.2. The maximum atomic E-state index is 11.9. The fourth-order valence-corrected chi connectivity index (χ4v) is 2.05. The zero-order valence-corrected chi connectivity index (χ0v) is 12.8. The number of esters is 1. The molecule has 0 heterocycles. The van der Waals surface area contributed by atoms with Crippen LogP contribution in [-0.4, -0.2) is 51.7 Å². The Morgan fingerprint density at radius 3 is 2.50 bits per heavy atom. The smallest absolute Gasteiger partial charge is 0.340 e. The molecule has 0 amide bonds. The highest BCUT2D eigenvalue weighted by atomic mass is 16.5. The van der Waals surface area contributed by atoms with E-state index in [0.717, 1.165) is 31.7 Å². The monoisotopic (exact) mass is 279 g/mol. The van der Waals surface area contributed by atoms with E-state index in [1.165, 1.54) is 7.11 Å². The van der Waals surface area contributed by atoms with E-state index in [4.69, 9.17) is 10.5 Å². The van der Waals surface area contributed by atoms with E-state index >= 15 is 0 Å². The summed E-state index contributed by atoms with van der Waals surface area (Å²) in [5, 5.41) is 0. The van der Waals surface area contributed by atoms with Crippen molar-refractivity contribution in [2.45, 2.75) is 13.3 Å². The SMILES string of the molecule is CCCN(CCN(C)C)c1ccc(N)cc1C(=O)OC. The van der Waals surface area contributed by atoms with E-state index in [1.807, 2.05) is 26.2 Å². The van der Waals surface area contributed by atoms with Gasteiger partial charge in [0.05, 0.1) is 18.4 Å². The number of carbonyl (C=O) groups excluding carboxylic acids is 1. The number of benzene rings is 1. The van der Waals surface area contributed by atoms with Gasteiger partial charge in [0.15, 0.2) is 0 Å². The van der Waals surface area contributed by atoms with Gasteiger partial charge < -0.3 is 20.3 Å². The van der Waals surface area contributed by atoms with Crippen molar-refractivity contribution in [3.8, 4) is 0 Å². The molecule has 0 saturated carbocycles. The van der Waals surface area contributed by atoms with Crippen LogP contribution >= 0.6 is 0 Å². The highest BCUT2D eigenvalue weighted by molar-refractivity contribution is 5.97. The van der Waals surface area contributed by atoms with Crippen molar-refractivity contribution in [2.75, 3.05) is 51.5 Å². The number of rotatable bonds is 7. The summed E-state index contributed by atoms with van der Waals surface area (Å²) in [5.41, 5.74) is 7.76. The van der Waals surface area contributed by atoms with E-state index < -0.39 is 0 Å². The van der Waals surface area contributed by atoms with Crippen molar-refractivity contribution < 1.29 is 9.53 Å². The van der Waals surface area contributed by atoms with Crippen LogP contribution in [0.5, 0.6) is 0 Å². The largest absolute Gasteiger partial charge is 0.465 e. The molecule has 0 radical (unpaired) electrons. The summed E-state index contributed by atoms with van der Waals surface area (Å²) >= 11 is 0. The van der Waals surface area contributed by atoms with Crippen molar-refractivity contribution in [3.63, 3.8) is 0 Å². The first-order valence-corrected chi connectivity index (χ1v) is 6.87. The van der Waals surface area contributed by atoms with E-state index in [1.54, 1.807) is 6.07 Å². The van der Waals surface area contributed by atoms with Gasteiger partial charge in [0, 0.05) is 25.3 Å². The highest BCUT2D eigenvalue weighted by Gasteiger charge is 2.17. The molecule has 5 nitrogen and oxygen atoms in total. The molecular formula is C15H25N3O2. The maximum absolute atomic E-state index is 11.9. The van der Waals surface area contributed by atoms with Crippen LogP contribution in [0.3, 0.4) is 0 Å². The number of nitrogens with zero attached hydrogens (tertiary/aromatic N) is 2. The average Bonchev–Trinajstić information content (AvgIpc) is 2.42. The molecule has 5 heteroatoms. The molecule has 0 aliphatic rings. The molecule has 0 saturated heterocycles. The lowest BCUT2D eigenvalue weighted by Crippen LogP contribution is -2.33. The number of hydrogen-bond acceptors (Lipinski definition) is 5. The zero-order valence-electron chi connectivity index (χ0n) is 12.8. The van der Waals surface area contributed by atoms with Gasteiger partial charge in [-0.3, -0.25) is 0 Å². The number of methoxy groups -OCH3 is 1. The van der Waals surface area contributed by atoms with E-state index in [2.05, 4.69) is 16.7 Å². The first-order chi connectivity index (χ1) is 9.49. The Labute approximate surface area is 121 Å².